The topological polar surface area (TPSA) is 99.1 Å². The molecule has 0 amide bonds. The van der Waals surface area contributed by atoms with Gasteiger partial charge in [-0.1, -0.05) is 6.07 Å². The zero-order chi connectivity index (χ0) is 14.8. The molecule has 0 aliphatic carbocycles. The Labute approximate surface area is 119 Å². The molecule has 0 fully saturated rings. The number of rotatable bonds is 10. The molecule has 0 bridgehead atoms. The van der Waals surface area contributed by atoms with E-state index in [1.807, 2.05) is 18.2 Å². The second-order valence-corrected chi connectivity index (χ2v) is 4.84. The number of nitrogens with two attached hydrogens (primary N) is 2. The van der Waals surface area contributed by atoms with Crippen LogP contribution in [0.2, 0.25) is 0 Å². The second kappa shape index (κ2) is 9.34. The highest BCUT2D eigenvalue weighted by molar-refractivity contribution is 5.81. The van der Waals surface area contributed by atoms with Crippen molar-refractivity contribution >= 4 is 11.6 Å². The molecule has 110 valence electrons. The van der Waals surface area contributed by atoms with E-state index < -0.39 is 0 Å². The third-order valence-corrected chi connectivity index (χ3v) is 2.94. The van der Waals surface area contributed by atoms with Crippen LogP contribution in [0, 0.1) is 0 Å². The molecule has 1 rings (SSSR count). The number of pyridine rings is 1. The number of carbonyl (C=O) groups is 2. The minimum absolute atomic E-state index is 0.134. The van der Waals surface area contributed by atoms with Gasteiger partial charge in [-0.05, 0) is 38.1 Å². The number of carbonyl (C=O) groups excluding carboxylic acids is 2. The minimum atomic E-state index is 0.134. The summed E-state index contributed by atoms with van der Waals surface area (Å²) in [6, 6.07) is 5.46. The molecule has 0 saturated carbocycles. The molecule has 0 atom stereocenters. The molecule has 1 heterocycles. The second-order valence-electron chi connectivity index (χ2n) is 4.84. The van der Waals surface area contributed by atoms with Crippen LogP contribution in [0.4, 0.5) is 0 Å². The molecular formula is C15H23N3O2. The Kier molecular flexibility index (Phi) is 7.69. The van der Waals surface area contributed by atoms with Crippen LogP contribution in [0.15, 0.2) is 18.2 Å². The summed E-state index contributed by atoms with van der Waals surface area (Å²) in [5, 5.41) is 0. The lowest BCUT2D eigenvalue weighted by Crippen LogP contribution is -2.10. The summed E-state index contributed by atoms with van der Waals surface area (Å²) in [4.78, 5) is 27.7. The van der Waals surface area contributed by atoms with Crippen molar-refractivity contribution in [3.8, 4) is 0 Å². The summed E-state index contributed by atoms with van der Waals surface area (Å²) in [5.74, 6) is 0.268. The van der Waals surface area contributed by atoms with E-state index in [2.05, 4.69) is 4.98 Å². The molecule has 0 spiro atoms. The van der Waals surface area contributed by atoms with Crippen molar-refractivity contribution in [2.24, 2.45) is 11.5 Å². The summed E-state index contributed by atoms with van der Waals surface area (Å²) in [7, 11) is 0. The van der Waals surface area contributed by atoms with Gasteiger partial charge in [-0.25, -0.2) is 0 Å². The predicted octanol–water partition coefficient (Wildman–Crippen LogP) is 0.783. The Morgan fingerprint density at radius 2 is 1.35 bits per heavy atom. The smallest absolute Gasteiger partial charge is 0.138 e. The predicted molar refractivity (Wildman–Crippen MR) is 78.2 cm³/mol. The van der Waals surface area contributed by atoms with Crippen molar-refractivity contribution in [2.75, 3.05) is 13.1 Å². The van der Waals surface area contributed by atoms with E-state index in [1.165, 1.54) is 0 Å². The van der Waals surface area contributed by atoms with Crippen LogP contribution in [0.3, 0.4) is 0 Å². The maximum absolute atomic E-state index is 11.7. The van der Waals surface area contributed by atoms with Gasteiger partial charge in [0, 0.05) is 37.1 Å². The molecule has 5 heteroatoms. The first-order chi connectivity index (χ1) is 9.65. The van der Waals surface area contributed by atoms with E-state index >= 15 is 0 Å². The number of hydrogen-bond acceptors (Lipinski definition) is 5. The van der Waals surface area contributed by atoms with Crippen molar-refractivity contribution in [1.82, 2.24) is 4.98 Å². The van der Waals surface area contributed by atoms with Crippen molar-refractivity contribution in [3.05, 3.63) is 29.6 Å². The van der Waals surface area contributed by atoms with E-state index in [-0.39, 0.29) is 11.6 Å². The summed E-state index contributed by atoms with van der Waals surface area (Å²) in [6.45, 7) is 1.05. The first-order valence-electron chi connectivity index (χ1n) is 7.04. The molecule has 20 heavy (non-hydrogen) atoms. The average molecular weight is 277 g/mol. The quantitative estimate of drug-likeness (QED) is 0.658. The average Bonchev–Trinajstić information content (AvgIpc) is 2.43. The molecule has 1 aromatic heterocycles. The van der Waals surface area contributed by atoms with Crippen LogP contribution in [0.5, 0.6) is 0 Å². The molecule has 0 unspecified atom stereocenters. The van der Waals surface area contributed by atoms with Crippen LogP contribution in [0.1, 0.15) is 37.1 Å². The van der Waals surface area contributed by atoms with Gasteiger partial charge in [0.25, 0.3) is 0 Å². The molecule has 0 radical (unpaired) electrons. The van der Waals surface area contributed by atoms with Crippen LogP contribution < -0.4 is 11.5 Å². The summed E-state index contributed by atoms with van der Waals surface area (Å²) < 4.78 is 0. The number of nitrogens with zero attached hydrogens (tertiary/aromatic N) is 1. The number of Topliss-reactive ketones (excluding diaryl/α,β-unsaturated/α-hetero) is 2. The molecule has 0 aliphatic rings. The maximum Gasteiger partial charge on any atom is 0.138 e. The molecule has 0 aromatic carbocycles. The standard InChI is InChI=1S/C15H23N3O2/c16-8-2-6-14(19)10-12-4-1-5-13(18-12)11-15(20)7-3-9-17/h1,4-5H,2-3,6-11,16-17H2. The van der Waals surface area contributed by atoms with E-state index in [1.54, 1.807) is 0 Å². The fourth-order valence-corrected chi connectivity index (χ4v) is 1.91. The molecule has 4 N–H and O–H groups in total. The summed E-state index contributed by atoms with van der Waals surface area (Å²) in [6.07, 6.45) is 3.00. The third kappa shape index (κ3) is 6.54. The zero-order valence-electron chi connectivity index (χ0n) is 11.8. The summed E-state index contributed by atoms with van der Waals surface area (Å²) >= 11 is 0. The molecule has 0 saturated heterocycles. The van der Waals surface area contributed by atoms with Crippen LogP contribution in [-0.4, -0.2) is 29.6 Å². The first-order valence-corrected chi connectivity index (χ1v) is 7.04. The van der Waals surface area contributed by atoms with Crippen molar-refractivity contribution in [3.63, 3.8) is 0 Å². The van der Waals surface area contributed by atoms with Crippen LogP contribution in [0.25, 0.3) is 0 Å². The molecule has 1 aromatic rings. The highest BCUT2D eigenvalue weighted by Gasteiger charge is 2.08. The number of ketones is 2. The van der Waals surface area contributed by atoms with E-state index in [9.17, 15) is 9.59 Å². The monoisotopic (exact) mass is 277 g/mol. The highest BCUT2D eigenvalue weighted by atomic mass is 16.1. The Hall–Kier alpha value is -1.59. The van der Waals surface area contributed by atoms with Gasteiger partial charge in [0.2, 0.25) is 0 Å². The Balaban J connectivity index is 2.52. The van der Waals surface area contributed by atoms with Gasteiger partial charge in [-0.15, -0.1) is 0 Å². The van der Waals surface area contributed by atoms with Crippen LogP contribution in [-0.2, 0) is 22.4 Å². The highest BCUT2D eigenvalue weighted by Crippen LogP contribution is 2.05. The minimum Gasteiger partial charge on any atom is -0.330 e. The SMILES string of the molecule is NCCCC(=O)Cc1cccc(CC(=O)CCCN)n1. The maximum atomic E-state index is 11.7. The molecule has 5 nitrogen and oxygen atoms in total. The Morgan fingerprint density at radius 3 is 1.75 bits per heavy atom. The largest absolute Gasteiger partial charge is 0.330 e. The van der Waals surface area contributed by atoms with Crippen molar-refractivity contribution in [1.29, 1.82) is 0 Å². The zero-order valence-corrected chi connectivity index (χ0v) is 11.8. The fourth-order valence-electron chi connectivity index (χ4n) is 1.91. The third-order valence-electron chi connectivity index (χ3n) is 2.94. The van der Waals surface area contributed by atoms with Gasteiger partial charge in [0.05, 0.1) is 0 Å². The van der Waals surface area contributed by atoms with Gasteiger partial charge in [-0.3, -0.25) is 14.6 Å². The lowest BCUT2D eigenvalue weighted by molar-refractivity contribution is -0.119. The van der Waals surface area contributed by atoms with Gasteiger partial charge < -0.3 is 11.5 Å². The van der Waals surface area contributed by atoms with E-state index in [4.69, 9.17) is 11.5 Å². The molecular weight excluding hydrogens is 254 g/mol. The van der Waals surface area contributed by atoms with Gasteiger partial charge in [-0.2, -0.15) is 0 Å². The lowest BCUT2D eigenvalue weighted by Gasteiger charge is -2.04. The van der Waals surface area contributed by atoms with E-state index in [0.717, 1.165) is 11.4 Å². The van der Waals surface area contributed by atoms with Gasteiger partial charge in [0.1, 0.15) is 11.6 Å². The number of aromatic nitrogens is 1. The van der Waals surface area contributed by atoms with E-state index in [0.29, 0.717) is 51.6 Å². The number of hydrogen-bond donors (Lipinski definition) is 2. The van der Waals surface area contributed by atoms with Crippen molar-refractivity contribution < 1.29 is 9.59 Å². The Morgan fingerprint density at radius 1 is 0.900 bits per heavy atom. The fraction of sp³-hybridized carbons (Fsp3) is 0.533. The van der Waals surface area contributed by atoms with Crippen LogP contribution >= 0.6 is 0 Å². The Bertz CT molecular complexity index is 409. The van der Waals surface area contributed by atoms with Gasteiger partial charge in [0.15, 0.2) is 0 Å². The first kappa shape index (κ1) is 16.5. The molecule has 0 aliphatic heterocycles. The normalized spacial score (nSPS) is 10.5. The summed E-state index contributed by atoms with van der Waals surface area (Å²) in [5.41, 5.74) is 12.2. The van der Waals surface area contributed by atoms with Gasteiger partial charge >= 0.3 is 0 Å². The van der Waals surface area contributed by atoms with Crippen molar-refractivity contribution in [2.45, 2.75) is 38.5 Å². The lowest BCUT2D eigenvalue weighted by atomic mass is 10.1.